The van der Waals surface area contributed by atoms with Gasteiger partial charge in [0.15, 0.2) is 0 Å². The molecule has 2 aromatic rings. The summed E-state index contributed by atoms with van der Waals surface area (Å²) in [5, 5.41) is 13.5. The van der Waals surface area contributed by atoms with Crippen LogP contribution in [0.4, 0.5) is 5.69 Å². The zero-order valence-corrected chi connectivity index (χ0v) is 25.7. The maximum atomic E-state index is 14.9. The molecule has 2 saturated heterocycles. The van der Waals surface area contributed by atoms with Crippen LogP contribution in [0.15, 0.2) is 72.8 Å². The molecule has 0 unspecified atom stereocenters. The number of cyclic esters (lactones) is 1. The van der Waals surface area contributed by atoms with E-state index >= 15 is 0 Å². The van der Waals surface area contributed by atoms with Gasteiger partial charge in [-0.15, -0.1) is 0 Å². The van der Waals surface area contributed by atoms with Crippen molar-refractivity contribution in [1.82, 2.24) is 10.2 Å². The lowest BCUT2D eigenvalue weighted by Gasteiger charge is -2.39. The molecular formula is C35H39N3O7. The average Bonchev–Trinajstić information content (AvgIpc) is 3.41. The van der Waals surface area contributed by atoms with E-state index in [0.29, 0.717) is 12.0 Å². The lowest BCUT2D eigenvalue weighted by molar-refractivity contribution is -0.159. The monoisotopic (exact) mass is 613 g/mol. The van der Waals surface area contributed by atoms with Gasteiger partial charge in [-0.25, -0.2) is 0 Å². The number of hydrogen-bond donors (Lipinski definition) is 2. The standard InChI is InChI=1S/C35H39N3O7/c1-21-11-9-12-22(2)30(21)37-18-10-17-35-29(28-26(45-35)15-7-8-16-27(40)36-19-23(3)44-34(28)43)32(41)38(31(35)33(37)42)25(20-39)24-13-5-4-6-14-24/h4-7,9-15,17,23,25-26,28-29,31,39H,8,16,18-20H2,1-3H3,(H,36,40)/b15-7-/t23-,25-,26-,28+,29+,31-,35+/m1/s1. The number of benzene rings is 2. The predicted molar refractivity (Wildman–Crippen MR) is 166 cm³/mol. The summed E-state index contributed by atoms with van der Waals surface area (Å²) in [5.74, 6) is -3.77. The SMILES string of the molecule is Cc1cccc(C)c1N1CC=C[C@]23O[C@@H]4/C=C\CCC(=O)NC[C@@H](C)OC(=O)[C@@H]4[C@H]2C(=O)N([C@H](CO)c2ccccc2)[C@@H]3C1=O. The summed E-state index contributed by atoms with van der Waals surface area (Å²) in [6.45, 7) is 5.48. The number of para-hydroxylation sites is 1. The second-order valence-corrected chi connectivity index (χ2v) is 12.3. The number of carbonyl (C=O) groups is 4. The van der Waals surface area contributed by atoms with Crippen LogP contribution in [-0.4, -0.2) is 77.2 Å². The van der Waals surface area contributed by atoms with Crippen molar-refractivity contribution in [3.8, 4) is 0 Å². The molecule has 0 aliphatic carbocycles. The second-order valence-electron chi connectivity index (χ2n) is 12.3. The first-order chi connectivity index (χ1) is 21.7. The van der Waals surface area contributed by atoms with Crippen LogP contribution in [0.25, 0.3) is 0 Å². The number of aliphatic hydroxyl groups is 1. The molecule has 1 spiro atoms. The number of nitrogens with zero attached hydrogens (tertiary/aromatic N) is 2. The van der Waals surface area contributed by atoms with Crippen molar-refractivity contribution in [3.05, 3.63) is 89.5 Å². The lowest BCUT2D eigenvalue weighted by atomic mass is 9.78. The molecule has 2 N–H and O–H groups in total. The minimum Gasteiger partial charge on any atom is -0.460 e. The van der Waals surface area contributed by atoms with Crippen molar-refractivity contribution < 1.29 is 33.8 Å². The summed E-state index contributed by atoms with van der Waals surface area (Å²) in [4.78, 5) is 59.0. The molecule has 2 fully saturated rings. The number of rotatable bonds is 4. The Bertz CT molecular complexity index is 1540. The van der Waals surface area contributed by atoms with Crippen LogP contribution in [0.3, 0.4) is 0 Å². The largest absolute Gasteiger partial charge is 0.460 e. The van der Waals surface area contributed by atoms with Gasteiger partial charge in [-0.1, -0.05) is 72.8 Å². The van der Waals surface area contributed by atoms with E-state index in [0.717, 1.165) is 16.8 Å². The highest BCUT2D eigenvalue weighted by Gasteiger charge is 2.72. The van der Waals surface area contributed by atoms with Gasteiger partial charge >= 0.3 is 5.97 Å². The van der Waals surface area contributed by atoms with E-state index in [9.17, 15) is 24.3 Å². The lowest BCUT2D eigenvalue weighted by Crippen LogP contribution is -2.56. The normalized spacial score (nSPS) is 31.5. The van der Waals surface area contributed by atoms with E-state index in [-0.39, 0.29) is 31.3 Å². The Balaban J connectivity index is 1.51. The van der Waals surface area contributed by atoms with Crippen LogP contribution in [0, 0.1) is 25.7 Å². The van der Waals surface area contributed by atoms with Crippen LogP contribution in [0.5, 0.6) is 0 Å². The number of allylic oxidation sites excluding steroid dienone is 1. The first kappa shape index (κ1) is 30.7. The van der Waals surface area contributed by atoms with Gasteiger partial charge in [-0.3, -0.25) is 19.2 Å². The fourth-order valence-electron chi connectivity index (χ4n) is 7.40. The Labute approximate surface area is 262 Å². The third kappa shape index (κ3) is 5.25. The minimum atomic E-state index is -1.52. The molecule has 4 aliphatic rings. The summed E-state index contributed by atoms with van der Waals surface area (Å²) in [6.07, 6.45) is 6.22. The molecular weight excluding hydrogens is 574 g/mol. The van der Waals surface area contributed by atoms with Crippen molar-refractivity contribution in [2.75, 3.05) is 24.6 Å². The highest BCUT2D eigenvalue weighted by molar-refractivity contribution is 6.06. The number of aliphatic hydroxyl groups excluding tert-OH is 1. The molecule has 0 radical (unpaired) electrons. The van der Waals surface area contributed by atoms with Gasteiger partial charge in [-0.2, -0.15) is 0 Å². The van der Waals surface area contributed by atoms with Crippen LogP contribution in [0.1, 0.15) is 42.5 Å². The molecule has 2 aromatic carbocycles. The quantitative estimate of drug-likeness (QED) is 0.401. The summed E-state index contributed by atoms with van der Waals surface area (Å²) >= 11 is 0. The van der Waals surface area contributed by atoms with Crippen LogP contribution in [0.2, 0.25) is 0 Å². The molecule has 0 aromatic heterocycles. The molecule has 10 nitrogen and oxygen atoms in total. The second kappa shape index (κ2) is 12.3. The summed E-state index contributed by atoms with van der Waals surface area (Å²) < 4.78 is 12.6. The molecule has 6 rings (SSSR count). The average molecular weight is 614 g/mol. The van der Waals surface area contributed by atoms with Gasteiger partial charge < -0.3 is 29.7 Å². The number of hydrogen-bond acceptors (Lipinski definition) is 7. The summed E-state index contributed by atoms with van der Waals surface area (Å²) in [5.41, 5.74) is 1.69. The Morgan fingerprint density at radius 3 is 2.44 bits per heavy atom. The number of nitrogens with one attached hydrogen (secondary N) is 1. The zero-order valence-electron chi connectivity index (χ0n) is 25.7. The number of likely N-dealkylation sites (tertiary alicyclic amines) is 1. The molecule has 45 heavy (non-hydrogen) atoms. The van der Waals surface area contributed by atoms with Crippen molar-refractivity contribution in [2.45, 2.75) is 63.5 Å². The molecule has 4 heterocycles. The van der Waals surface area contributed by atoms with E-state index < -0.39 is 60.2 Å². The maximum Gasteiger partial charge on any atom is 0.313 e. The van der Waals surface area contributed by atoms with E-state index in [4.69, 9.17) is 9.47 Å². The van der Waals surface area contributed by atoms with Crippen LogP contribution in [-0.2, 0) is 28.7 Å². The zero-order chi connectivity index (χ0) is 31.9. The predicted octanol–water partition coefficient (Wildman–Crippen LogP) is 2.92. The van der Waals surface area contributed by atoms with Crippen molar-refractivity contribution in [2.24, 2.45) is 11.8 Å². The van der Waals surface area contributed by atoms with E-state index in [1.165, 1.54) is 4.90 Å². The fraction of sp³-hybridized carbons (Fsp3) is 0.429. The van der Waals surface area contributed by atoms with Crippen molar-refractivity contribution >= 4 is 29.4 Å². The number of esters is 1. The molecule has 236 valence electrons. The smallest absolute Gasteiger partial charge is 0.313 e. The molecule has 0 saturated carbocycles. The summed E-state index contributed by atoms with van der Waals surface area (Å²) in [6, 6.07) is 12.8. The molecule has 10 heteroatoms. The molecule has 3 amide bonds. The van der Waals surface area contributed by atoms with Gasteiger partial charge in [0.1, 0.15) is 23.7 Å². The summed E-state index contributed by atoms with van der Waals surface area (Å²) in [7, 11) is 0. The first-order valence-electron chi connectivity index (χ1n) is 15.5. The van der Waals surface area contributed by atoms with Crippen molar-refractivity contribution in [3.63, 3.8) is 0 Å². The van der Waals surface area contributed by atoms with Gasteiger partial charge in [0.05, 0.1) is 31.2 Å². The number of amides is 3. The molecule has 0 bridgehead atoms. The van der Waals surface area contributed by atoms with Gasteiger partial charge in [0.2, 0.25) is 11.8 Å². The van der Waals surface area contributed by atoms with Crippen molar-refractivity contribution in [1.29, 1.82) is 0 Å². The van der Waals surface area contributed by atoms with Gasteiger partial charge in [-0.05, 0) is 43.9 Å². The van der Waals surface area contributed by atoms with Crippen LogP contribution < -0.4 is 10.2 Å². The minimum absolute atomic E-state index is 0.134. The highest BCUT2D eigenvalue weighted by atomic mass is 16.6. The van der Waals surface area contributed by atoms with E-state index in [1.54, 1.807) is 30.1 Å². The Kier molecular flexibility index (Phi) is 8.37. The Morgan fingerprint density at radius 2 is 1.73 bits per heavy atom. The first-order valence-corrected chi connectivity index (χ1v) is 15.5. The fourth-order valence-corrected chi connectivity index (χ4v) is 7.40. The Morgan fingerprint density at radius 1 is 1.00 bits per heavy atom. The maximum absolute atomic E-state index is 14.9. The third-order valence-corrected chi connectivity index (χ3v) is 9.37. The molecule has 4 aliphatic heterocycles. The van der Waals surface area contributed by atoms with E-state index in [2.05, 4.69) is 5.32 Å². The third-order valence-electron chi connectivity index (χ3n) is 9.37. The number of fused-ring (bicyclic) bond motifs is 2. The topological polar surface area (TPSA) is 125 Å². The van der Waals surface area contributed by atoms with Crippen LogP contribution >= 0.6 is 0 Å². The number of ether oxygens (including phenoxy) is 2. The highest BCUT2D eigenvalue weighted by Crippen LogP contribution is 2.55. The van der Waals surface area contributed by atoms with Gasteiger partial charge in [0, 0.05) is 18.7 Å². The number of carbonyl (C=O) groups excluding carboxylic acids is 4. The van der Waals surface area contributed by atoms with Gasteiger partial charge in [0.25, 0.3) is 5.91 Å². The number of anilines is 1. The number of aryl methyl sites for hydroxylation is 2. The molecule has 7 atom stereocenters. The Hall–Kier alpha value is -4.28. The van der Waals surface area contributed by atoms with E-state index in [1.807, 2.05) is 68.5 Å².